The molecule has 4 rings (SSSR count). The van der Waals surface area contributed by atoms with E-state index in [9.17, 15) is 9.90 Å². The zero-order valence-electron chi connectivity index (χ0n) is 12.8. The van der Waals surface area contributed by atoms with Crippen molar-refractivity contribution in [1.82, 2.24) is 14.9 Å². The number of benzene rings is 1. The summed E-state index contributed by atoms with van der Waals surface area (Å²) in [6.45, 7) is 3.78. The molecule has 1 saturated heterocycles. The van der Waals surface area contributed by atoms with Gasteiger partial charge in [0.2, 0.25) is 5.58 Å². The molecule has 0 aliphatic carbocycles. The number of nitrogen functional groups attached to an aromatic ring is 1. The van der Waals surface area contributed by atoms with Gasteiger partial charge in [0, 0.05) is 18.8 Å². The molecule has 1 unspecified atom stereocenters. The van der Waals surface area contributed by atoms with Gasteiger partial charge in [0.15, 0.2) is 0 Å². The van der Waals surface area contributed by atoms with Crippen molar-refractivity contribution in [3.05, 3.63) is 33.9 Å². The Kier molecular flexibility index (Phi) is 3.14. The Labute approximate surface area is 131 Å². The zero-order valence-corrected chi connectivity index (χ0v) is 12.8. The molecule has 0 radical (unpaired) electrons. The van der Waals surface area contributed by atoms with Crippen molar-refractivity contribution in [2.45, 2.75) is 26.0 Å². The summed E-state index contributed by atoms with van der Waals surface area (Å²) in [5.41, 5.74) is 8.62. The molecule has 1 aliphatic heterocycles. The van der Waals surface area contributed by atoms with Gasteiger partial charge in [0.05, 0.1) is 18.0 Å². The van der Waals surface area contributed by atoms with Crippen LogP contribution in [-0.2, 0) is 6.54 Å². The first-order valence-electron chi connectivity index (χ1n) is 7.64. The molecule has 1 aromatic carbocycles. The molecule has 3 aromatic rings. The third-order valence-corrected chi connectivity index (χ3v) is 4.42. The van der Waals surface area contributed by atoms with Gasteiger partial charge in [0.1, 0.15) is 16.9 Å². The molecule has 1 aliphatic rings. The standard InChI is InChI=1S/C16H18N4O3/c1-8-2-3-10-12(13(8)17)14-15(23-10)16(22)19-11(18-14)7-20-5-4-9(21)6-20/h2-3,9,21H,4-7,17H2,1H3,(H,18,19,22). The van der Waals surface area contributed by atoms with Crippen LogP contribution in [0.2, 0.25) is 0 Å². The van der Waals surface area contributed by atoms with Gasteiger partial charge in [-0.2, -0.15) is 0 Å². The summed E-state index contributed by atoms with van der Waals surface area (Å²) in [4.78, 5) is 21.7. The molecular formula is C16H18N4O3. The highest BCUT2D eigenvalue weighted by Gasteiger charge is 2.22. The average molecular weight is 314 g/mol. The van der Waals surface area contributed by atoms with Crippen LogP contribution in [0, 0.1) is 6.92 Å². The molecule has 7 heteroatoms. The maximum absolute atomic E-state index is 12.3. The normalized spacial score (nSPS) is 19.1. The van der Waals surface area contributed by atoms with Gasteiger partial charge in [-0.3, -0.25) is 9.69 Å². The van der Waals surface area contributed by atoms with Crippen LogP contribution in [0.5, 0.6) is 0 Å². The Morgan fingerprint density at radius 2 is 2.35 bits per heavy atom. The first-order valence-corrected chi connectivity index (χ1v) is 7.64. The lowest BCUT2D eigenvalue weighted by Gasteiger charge is -2.13. The van der Waals surface area contributed by atoms with Crippen LogP contribution in [0.3, 0.4) is 0 Å². The first kappa shape index (κ1) is 14.2. The van der Waals surface area contributed by atoms with Crippen molar-refractivity contribution in [3.8, 4) is 0 Å². The molecule has 2 aromatic heterocycles. The van der Waals surface area contributed by atoms with E-state index in [2.05, 4.69) is 14.9 Å². The van der Waals surface area contributed by atoms with Gasteiger partial charge < -0.3 is 20.2 Å². The molecular weight excluding hydrogens is 296 g/mol. The fraction of sp³-hybridized carbons (Fsp3) is 0.375. The SMILES string of the molecule is Cc1ccc2oc3c(=O)[nH]c(CN4CCC(O)C4)nc3c2c1N. The van der Waals surface area contributed by atoms with E-state index in [0.717, 1.165) is 18.5 Å². The summed E-state index contributed by atoms with van der Waals surface area (Å²) in [5, 5.41) is 10.3. The number of nitrogens with zero attached hydrogens (tertiary/aromatic N) is 2. The summed E-state index contributed by atoms with van der Waals surface area (Å²) in [5.74, 6) is 0.556. The van der Waals surface area contributed by atoms with E-state index < -0.39 is 0 Å². The van der Waals surface area contributed by atoms with Gasteiger partial charge in [-0.25, -0.2) is 4.98 Å². The minimum atomic E-state index is -0.307. The van der Waals surface area contributed by atoms with Crippen LogP contribution in [-0.4, -0.2) is 39.2 Å². The number of H-pyrrole nitrogens is 1. The van der Waals surface area contributed by atoms with E-state index in [-0.39, 0.29) is 17.2 Å². The number of rotatable bonds is 2. The Morgan fingerprint density at radius 1 is 1.52 bits per heavy atom. The Bertz CT molecular complexity index is 959. The Balaban J connectivity index is 1.86. The van der Waals surface area contributed by atoms with Crippen LogP contribution < -0.4 is 11.3 Å². The van der Waals surface area contributed by atoms with E-state index >= 15 is 0 Å². The number of aliphatic hydroxyl groups excluding tert-OH is 1. The molecule has 4 N–H and O–H groups in total. The van der Waals surface area contributed by atoms with E-state index in [0.29, 0.717) is 41.1 Å². The highest BCUT2D eigenvalue weighted by molar-refractivity contribution is 6.09. The number of aliphatic hydroxyl groups is 1. The zero-order chi connectivity index (χ0) is 16.1. The maximum atomic E-state index is 12.3. The second-order valence-electron chi connectivity index (χ2n) is 6.14. The number of aromatic amines is 1. The van der Waals surface area contributed by atoms with Crippen molar-refractivity contribution in [2.75, 3.05) is 18.8 Å². The number of hydrogen-bond donors (Lipinski definition) is 3. The topological polar surface area (TPSA) is 108 Å². The smallest absolute Gasteiger partial charge is 0.294 e. The van der Waals surface area contributed by atoms with Gasteiger partial charge in [-0.05, 0) is 25.0 Å². The molecule has 120 valence electrons. The molecule has 0 amide bonds. The lowest BCUT2D eigenvalue weighted by Crippen LogP contribution is -2.24. The molecule has 23 heavy (non-hydrogen) atoms. The predicted molar refractivity (Wildman–Crippen MR) is 87.2 cm³/mol. The van der Waals surface area contributed by atoms with E-state index in [1.54, 1.807) is 6.07 Å². The molecule has 1 atom stereocenters. The minimum absolute atomic E-state index is 0.197. The highest BCUT2D eigenvalue weighted by atomic mass is 16.3. The molecule has 0 saturated carbocycles. The fourth-order valence-corrected chi connectivity index (χ4v) is 3.16. The van der Waals surface area contributed by atoms with Crippen LogP contribution >= 0.6 is 0 Å². The van der Waals surface area contributed by atoms with E-state index in [4.69, 9.17) is 10.2 Å². The second kappa shape index (κ2) is 5.07. The van der Waals surface area contributed by atoms with Crippen LogP contribution in [0.1, 0.15) is 17.8 Å². The van der Waals surface area contributed by atoms with Crippen molar-refractivity contribution in [3.63, 3.8) is 0 Å². The van der Waals surface area contributed by atoms with Gasteiger partial charge >= 0.3 is 0 Å². The summed E-state index contributed by atoms with van der Waals surface area (Å²) >= 11 is 0. The minimum Gasteiger partial charge on any atom is -0.448 e. The summed E-state index contributed by atoms with van der Waals surface area (Å²) < 4.78 is 5.62. The highest BCUT2D eigenvalue weighted by Crippen LogP contribution is 2.32. The quantitative estimate of drug-likeness (QED) is 0.612. The fourth-order valence-electron chi connectivity index (χ4n) is 3.16. The lowest BCUT2D eigenvalue weighted by atomic mass is 10.1. The largest absolute Gasteiger partial charge is 0.448 e. The van der Waals surface area contributed by atoms with E-state index in [1.807, 2.05) is 13.0 Å². The third kappa shape index (κ3) is 2.29. The number of anilines is 1. The summed E-state index contributed by atoms with van der Waals surface area (Å²) in [7, 11) is 0. The molecule has 7 nitrogen and oxygen atoms in total. The predicted octanol–water partition coefficient (Wildman–Crippen LogP) is 1.13. The van der Waals surface area contributed by atoms with Gasteiger partial charge in [0.25, 0.3) is 5.56 Å². The number of aromatic nitrogens is 2. The molecule has 0 bridgehead atoms. The van der Waals surface area contributed by atoms with Crippen molar-refractivity contribution in [2.24, 2.45) is 0 Å². The number of nitrogens with one attached hydrogen (secondary N) is 1. The number of fused-ring (bicyclic) bond motifs is 3. The van der Waals surface area contributed by atoms with Crippen LogP contribution in [0.4, 0.5) is 5.69 Å². The number of aryl methyl sites for hydroxylation is 1. The lowest BCUT2D eigenvalue weighted by molar-refractivity contribution is 0.174. The monoisotopic (exact) mass is 314 g/mol. The number of likely N-dealkylation sites (tertiary alicyclic amines) is 1. The van der Waals surface area contributed by atoms with Crippen molar-refractivity contribution < 1.29 is 9.52 Å². The molecule has 1 fully saturated rings. The van der Waals surface area contributed by atoms with E-state index in [1.165, 1.54) is 0 Å². The van der Waals surface area contributed by atoms with Crippen molar-refractivity contribution in [1.29, 1.82) is 0 Å². The van der Waals surface area contributed by atoms with Crippen LogP contribution in [0.25, 0.3) is 22.1 Å². The summed E-state index contributed by atoms with van der Waals surface area (Å²) in [6.07, 6.45) is 0.436. The number of nitrogens with two attached hydrogens (primary N) is 1. The first-order chi connectivity index (χ1) is 11.0. The molecule has 0 spiro atoms. The third-order valence-electron chi connectivity index (χ3n) is 4.42. The van der Waals surface area contributed by atoms with Crippen molar-refractivity contribution >= 4 is 27.8 Å². The average Bonchev–Trinajstić information content (AvgIpc) is 3.07. The van der Waals surface area contributed by atoms with Gasteiger partial charge in [-0.15, -0.1) is 0 Å². The Morgan fingerprint density at radius 3 is 3.09 bits per heavy atom. The molecule has 3 heterocycles. The number of hydrogen-bond acceptors (Lipinski definition) is 6. The second-order valence-corrected chi connectivity index (χ2v) is 6.14. The Hall–Kier alpha value is -2.38. The van der Waals surface area contributed by atoms with Crippen LogP contribution in [0.15, 0.2) is 21.3 Å². The number of furan rings is 1. The maximum Gasteiger partial charge on any atom is 0.294 e. The van der Waals surface area contributed by atoms with Gasteiger partial charge in [-0.1, -0.05) is 6.07 Å². The summed E-state index contributed by atoms with van der Waals surface area (Å²) in [6, 6.07) is 3.67. The number of β-amino-alcohol motifs (C(OH)–C–C–N with tert-alkyl or cyclic N) is 1.